The summed E-state index contributed by atoms with van der Waals surface area (Å²) in [6.45, 7) is 2.23. The first-order valence-electron chi connectivity index (χ1n) is 3.04. The lowest BCUT2D eigenvalue weighted by Gasteiger charge is -2.00. The standard InChI is InChI=1S/C7H11I/c1-6-2-3-7(4-6)5-8/h2,7H,3-5H2,1H3. The molecule has 0 aliphatic heterocycles. The van der Waals surface area contributed by atoms with Crippen LogP contribution < -0.4 is 0 Å². The summed E-state index contributed by atoms with van der Waals surface area (Å²) in [7, 11) is 0. The topological polar surface area (TPSA) is 0 Å². The van der Waals surface area contributed by atoms with E-state index in [9.17, 15) is 0 Å². The zero-order valence-electron chi connectivity index (χ0n) is 5.15. The van der Waals surface area contributed by atoms with Crippen molar-refractivity contribution in [2.45, 2.75) is 19.8 Å². The van der Waals surface area contributed by atoms with Gasteiger partial charge in [0.1, 0.15) is 0 Å². The Kier molecular flexibility index (Phi) is 2.35. The number of rotatable bonds is 1. The van der Waals surface area contributed by atoms with Crippen molar-refractivity contribution in [2.75, 3.05) is 4.43 Å². The van der Waals surface area contributed by atoms with Crippen molar-refractivity contribution in [3.8, 4) is 0 Å². The third-order valence-electron chi connectivity index (χ3n) is 1.63. The van der Waals surface area contributed by atoms with E-state index in [-0.39, 0.29) is 0 Å². The van der Waals surface area contributed by atoms with Crippen LogP contribution in [0.2, 0.25) is 0 Å². The first kappa shape index (κ1) is 6.59. The molecule has 0 spiro atoms. The molecule has 8 heavy (non-hydrogen) atoms. The number of alkyl halides is 1. The molecule has 1 atom stereocenters. The molecule has 0 aromatic rings. The van der Waals surface area contributed by atoms with Gasteiger partial charge in [0.05, 0.1) is 0 Å². The van der Waals surface area contributed by atoms with E-state index in [0.29, 0.717) is 0 Å². The molecule has 1 heteroatoms. The smallest absolute Gasteiger partial charge is 0.00297 e. The van der Waals surface area contributed by atoms with E-state index in [4.69, 9.17) is 0 Å². The van der Waals surface area contributed by atoms with Crippen molar-refractivity contribution in [1.29, 1.82) is 0 Å². The molecule has 0 aromatic carbocycles. The summed E-state index contributed by atoms with van der Waals surface area (Å²) in [5, 5.41) is 0. The lowest BCUT2D eigenvalue weighted by atomic mass is 10.1. The first-order chi connectivity index (χ1) is 3.83. The van der Waals surface area contributed by atoms with Gasteiger partial charge in [-0.25, -0.2) is 0 Å². The van der Waals surface area contributed by atoms with Crippen LogP contribution in [0.5, 0.6) is 0 Å². The Morgan fingerprint density at radius 3 is 2.88 bits per heavy atom. The highest BCUT2D eigenvalue weighted by atomic mass is 127. The van der Waals surface area contributed by atoms with Gasteiger partial charge >= 0.3 is 0 Å². The van der Waals surface area contributed by atoms with Crippen LogP contribution in [0.4, 0.5) is 0 Å². The summed E-state index contributed by atoms with van der Waals surface area (Å²) in [6.07, 6.45) is 5.04. The third-order valence-corrected chi connectivity index (χ3v) is 2.87. The highest BCUT2D eigenvalue weighted by molar-refractivity contribution is 14.1. The van der Waals surface area contributed by atoms with Gasteiger partial charge in [-0.1, -0.05) is 34.2 Å². The minimum absolute atomic E-state index is 0.968. The fraction of sp³-hybridized carbons (Fsp3) is 0.714. The molecule has 0 saturated heterocycles. The second-order valence-electron chi connectivity index (χ2n) is 2.51. The van der Waals surface area contributed by atoms with Crippen LogP contribution in [0.3, 0.4) is 0 Å². The number of allylic oxidation sites excluding steroid dienone is 2. The molecule has 1 aliphatic rings. The quantitative estimate of drug-likeness (QED) is 0.363. The van der Waals surface area contributed by atoms with Crippen molar-refractivity contribution in [2.24, 2.45) is 5.92 Å². The van der Waals surface area contributed by atoms with Gasteiger partial charge in [-0.05, 0) is 25.7 Å². The summed E-state index contributed by atoms with van der Waals surface area (Å²) < 4.78 is 1.32. The van der Waals surface area contributed by atoms with Crippen molar-refractivity contribution in [3.05, 3.63) is 11.6 Å². The lowest BCUT2D eigenvalue weighted by Crippen LogP contribution is -1.93. The maximum atomic E-state index is 2.47. The molecule has 0 heterocycles. The van der Waals surface area contributed by atoms with E-state index < -0.39 is 0 Å². The highest BCUT2D eigenvalue weighted by Crippen LogP contribution is 2.25. The Hall–Kier alpha value is 0.470. The van der Waals surface area contributed by atoms with Gasteiger partial charge in [0.25, 0.3) is 0 Å². The fourth-order valence-electron chi connectivity index (χ4n) is 1.11. The van der Waals surface area contributed by atoms with E-state index in [1.165, 1.54) is 17.3 Å². The number of hydrogen-bond acceptors (Lipinski definition) is 0. The summed E-state index contributed by atoms with van der Waals surface area (Å²) in [4.78, 5) is 0. The zero-order chi connectivity index (χ0) is 5.98. The molecule has 0 aromatic heterocycles. The van der Waals surface area contributed by atoms with Gasteiger partial charge < -0.3 is 0 Å². The van der Waals surface area contributed by atoms with Gasteiger partial charge in [0, 0.05) is 4.43 Å². The lowest BCUT2D eigenvalue weighted by molar-refractivity contribution is 0.649. The van der Waals surface area contributed by atoms with Gasteiger partial charge in [0.15, 0.2) is 0 Å². The third kappa shape index (κ3) is 1.47. The molecular formula is C7H11I. The van der Waals surface area contributed by atoms with Crippen LogP contribution in [-0.2, 0) is 0 Å². The second kappa shape index (κ2) is 2.85. The van der Waals surface area contributed by atoms with Crippen LogP contribution in [0, 0.1) is 5.92 Å². The van der Waals surface area contributed by atoms with Gasteiger partial charge in [-0.3, -0.25) is 0 Å². The first-order valence-corrected chi connectivity index (χ1v) is 4.57. The predicted octanol–water partition coefficient (Wildman–Crippen LogP) is 2.78. The predicted molar refractivity (Wildman–Crippen MR) is 45.4 cm³/mol. The number of hydrogen-bond donors (Lipinski definition) is 0. The summed E-state index contributed by atoms with van der Waals surface area (Å²) in [5.41, 5.74) is 1.59. The molecule has 0 N–H and O–H groups in total. The van der Waals surface area contributed by atoms with Crippen molar-refractivity contribution < 1.29 is 0 Å². The molecule has 1 unspecified atom stereocenters. The van der Waals surface area contributed by atoms with E-state index in [1.807, 2.05) is 0 Å². The van der Waals surface area contributed by atoms with Crippen molar-refractivity contribution in [3.63, 3.8) is 0 Å². The molecule has 0 bridgehead atoms. The highest BCUT2D eigenvalue weighted by Gasteiger charge is 2.11. The largest absolute Gasteiger partial charge is 0.0861 e. The Labute approximate surface area is 64.5 Å². The Morgan fingerprint density at radius 2 is 2.62 bits per heavy atom. The SMILES string of the molecule is CC1=CCC(CI)C1. The molecule has 0 nitrogen and oxygen atoms in total. The maximum Gasteiger partial charge on any atom is 0.00297 e. The van der Waals surface area contributed by atoms with Crippen molar-refractivity contribution in [1.82, 2.24) is 0 Å². The van der Waals surface area contributed by atoms with E-state index in [2.05, 4.69) is 35.6 Å². The Balaban J connectivity index is 2.32. The monoisotopic (exact) mass is 222 g/mol. The van der Waals surface area contributed by atoms with Gasteiger partial charge in [-0.2, -0.15) is 0 Å². The second-order valence-corrected chi connectivity index (χ2v) is 3.39. The molecule has 46 valence electrons. The zero-order valence-corrected chi connectivity index (χ0v) is 7.31. The normalized spacial score (nSPS) is 28.2. The Bertz CT molecular complexity index is 105. The van der Waals surface area contributed by atoms with Crippen LogP contribution in [-0.4, -0.2) is 4.43 Å². The van der Waals surface area contributed by atoms with Crippen LogP contribution in [0.1, 0.15) is 19.8 Å². The summed E-state index contributed by atoms with van der Waals surface area (Å²) in [6, 6.07) is 0. The van der Waals surface area contributed by atoms with E-state index in [1.54, 1.807) is 5.57 Å². The molecule has 1 rings (SSSR count). The average molecular weight is 222 g/mol. The summed E-state index contributed by atoms with van der Waals surface area (Å²) >= 11 is 2.47. The molecule has 0 radical (unpaired) electrons. The molecule has 1 aliphatic carbocycles. The van der Waals surface area contributed by atoms with Crippen molar-refractivity contribution >= 4 is 22.6 Å². The summed E-state index contributed by atoms with van der Waals surface area (Å²) in [5.74, 6) is 0.968. The molecule has 0 fully saturated rings. The Morgan fingerprint density at radius 1 is 1.88 bits per heavy atom. The van der Waals surface area contributed by atoms with Crippen LogP contribution >= 0.6 is 22.6 Å². The van der Waals surface area contributed by atoms with E-state index >= 15 is 0 Å². The minimum atomic E-state index is 0.968. The van der Waals surface area contributed by atoms with Crippen LogP contribution in [0.15, 0.2) is 11.6 Å². The molecule has 0 saturated carbocycles. The molecular weight excluding hydrogens is 211 g/mol. The van der Waals surface area contributed by atoms with Gasteiger partial charge in [0.2, 0.25) is 0 Å². The maximum absolute atomic E-state index is 2.47. The molecule has 0 amide bonds. The van der Waals surface area contributed by atoms with Crippen LogP contribution in [0.25, 0.3) is 0 Å². The number of halogens is 1. The fourth-order valence-corrected chi connectivity index (χ4v) is 1.78. The minimum Gasteiger partial charge on any atom is -0.0861 e. The van der Waals surface area contributed by atoms with E-state index in [0.717, 1.165) is 5.92 Å². The average Bonchev–Trinajstić information content (AvgIpc) is 2.14. The van der Waals surface area contributed by atoms with Gasteiger partial charge in [-0.15, -0.1) is 0 Å².